The van der Waals surface area contributed by atoms with Crippen LogP contribution in [0.3, 0.4) is 0 Å². The summed E-state index contributed by atoms with van der Waals surface area (Å²) in [5, 5.41) is 15.5. The molecule has 0 spiro atoms. The van der Waals surface area contributed by atoms with Crippen LogP contribution in [-0.2, 0) is 22.6 Å². The molecule has 30 heavy (non-hydrogen) atoms. The van der Waals surface area contributed by atoms with Gasteiger partial charge in [-0.1, -0.05) is 30.3 Å². The average Bonchev–Trinajstić information content (AvgIpc) is 3.07. The highest BCUT2D eigenvalue weighted by Gasteiger charge is 2.42. The van der Waals surface area contributed by atoms with E-state index in [0.717, 1.165) is 24.6 Å². The fourth-order valence-electron chi connectivity index (χ4n) is 2.65. The van der Waals surface area contributed by atoms with Crippen molar-refractivity contribution in [3.8, 4) is 5.82 Å². The maximum atomic E-state index is 13.4. The van der Waals surface area contributed by atoms with Crippen LogP contribution in [0.4, 0.5) is 19.0 Å². The molecule has 2 aromatic heterocycles. The highest BCUT2D eigenvalue weighted by atomic mass is 32.2. The summed E-state index contributed by atoms with van der Waals surface area (Å²) in [6.07, 6.45) is -3.12. The Morgan fingerprint density at radius 3 is 2.33 bits per heavy atom. The molecule has 8 nitrogen and oxygen atoms in total. The lowest BCUT2D eigenvalue weighted by atomic mass is 10.2. The fourth-order valence-corrected chi connectivity index (χ4v) is 3.21. The zero-order valence-corrected chi connectivity index (χ0v) is 16.2. The van der Waals surface area contributed by atoms with E-state index in [1.807, 2.05) is 0 Å². The predicted molar refractivity (Wildman–Crippen MR) is 100 cm³/mol. The van der Waals surface area contributed by atoms with Crippen LogP contribution in [-0.4, -0.2) is 40.5 Å². The van der Waals surface area contributed by atoms with Crippen molar-refractivity contribution in [2.45, 2.75) is 17.6 Å². The van der Waals surface area contributed by atoms with Crippen LogP contribution in [0.25, 0.3) is 5.82 Å². The maximum Gasteiger partial charge on any atom is 0.436 e. The molecule has 2 N–H and O–H groups in total. The number of hydrogen-bond donors (Lipinski definition) is 2. The number of rotatable bonds is 6. The van der Waals surface area contributed by atoms with E-state index >= 15 is 0 Å². The first-order valence-electron chi connectivity index (χ1n) is 8.36. The van der Waals surface area contributed by atoms with Gasteiger partial charge in [-0.2, -0.15) is 23.0 Å². The van der Waals surface area contributed by atoms with Gasteiger partial charge in [-0.15, -0.1) is 0 Å². The number of alkyl halides is 3. The molecule has 0 unspecified atom stereocenters. The van der Waals surface area contributed by atoms with E-state index in [1.165, 1.54) is 0 Å². The number of pyridine rings is 1. The van der Waals surface area contributed by atoms with Crippen molar-refractivity contribution < 1.29 is 31.5 Å². The molecule has 0 bridgehead atoms. The number of sulfone groups is 1. The zero-order chi connectivity index (χ0) is 22.1. The number of aromatic nitrogens is 3. The van der Waals surface area contributed by atoms with Crippen molar-refractivity contribution >= 4 is 21.6 Å². The summed E-state index contributed by atoms with van der Waals surface area (Å²) in [7, 11) is -3.58. The summed E-state index contributed by atoms with van der Waals surface area (Å²) < 4.78 is 64.2. The maximum absolute atomic E-state index is 13.4. The van der Waals surface area contributed by atoms with Gasteiger partial charge in [0.1, 0.15) is 11.4 Å². The molecule has 0 saturated heterocycles. The molecule has 3 rings (SSSR count). The molecule has 1 aromatic carbocycles. The van der Waals surface area contributed by atoms with Gasteiger partial charge in [-0.3, -0.25) is 0 Å². The molecule has 3 aromatic rings. The Labute approximate surface area is 168 Å². The monoisotopic (exact) mass is 440 g/mol. The average molecular weight is 440 g/mol. The number of benzene rings is 1. The number of aromatic carboxylic acids is 1. The first-order chi connectivity index (χ1) is 14.0. The minimum Gasteiger partial charge on any atom is -0.477 e. The Morgan fingerprint density at radius 2 is 1.83 bits per heavy atom. The van der Waals surface area contributed by atoms with Crippen molar-refractivity contribution in [3.63, 3.8) is 0 Å². The number of nitrogens with one attached hydrogen (secondary N) is 1. The minimum atomic E-state index is -5.03. The number of halogens is 3. The summed E-state index contributed by atoms with van der Waals surface area (Å²) >= 11 is 0. The van der Waals surface area contributed by atoms with Gasteiger partial charge in [0.25, 0.3) is 0 Å². The smallest absolute Gasteiger partial charge is 0.436 e. The number of anilines is 1. The topological polar surface area (TPSA) is 114 Å². The highest BCUT2D eigenvalue weighted by Crippen LogP contribution is 2.36. The van der Waals surface area contributed by atoms with Crippen molar-refractivity contribution in [2.75, 3.05) is 11.6 Å². The molecule has 0 atom stereocenters. The first kappa shape index (κ1) is 21.3. The molecule has 12 heteroatoms. The highest BCUT2D eigenvalue weighted by molar-refractivity contribution is 7.90. The van der Waals surface area contributed by atoms with Crippen molar-refractivity contribution in [3.05, 3.63) is 65.5 Å². The van der Waals surface area contributed by atoms with Gasteiger partial charge in [0.2, 0.25) is 0 Å². The second-order valence-electron chi connectivity index (χ2n) is 6.25. The summed E-state index contributed by atoms with van der Waals surface area (Å²) in [4.78, 5) is 15.3. The van der Waals surface area contributed by atoms with Crippen LogP contribution in [0.5, 0.6) is 0 Å². The Kier molecular flexibility index (Phi) is 5.53. The van der Waals surface area contributed by atoms with E-state index in [0.29, 0.717) is 10.2 Å². The Hall–Kier alpha value is -3.41. The van der Waals surface area contributed by atoms with E-state index in [9.17, 15) is 31.5 Å². The standard InChI is InChI=1S/C18H15F3N4O4S/c1-30(28,29)12-7-8-13(22-10-12)25-16(23-9-11-5-3-2-4-6-11)14(17(26)27)15(24-25)18(19,20)21/h2-8,10,23H,9H2,1H3,(H,26,27). The van der Waals surface area contributed by atoms with Gasteiger partial charge >= 0.3 is 12.1 Å². The van der Waals surface area contributed by atoms with Gasteiger partial charge < -0.3 is 10.4 Å². The normalized spacial score (nSPS) is 12.0. The van der Waals surface area contributed by atoms with Crippen molar-refractivity contribution in [1.29, 1.82) is 0 Å². The van der Waals surface area contributed by atoms with Crippen LogP contribution >= 0.6 is 0 Å². The molecule has 0 saturated carbocycles. The third-order valence-corrected chi connectivity index (χ3v) is 5.13. The Bertz CT molecular complexity index is 1170. The largest absolute Gasteiger partial charge is 0.477 e. The summed E-state index contributed by atoms with van der Waals surface area (Å²) in [5.41, 5.74) is -1.97. The molecule has 0 radical (unpaired) electrons. The van der Waals surface area contributed by atoms with Gasteiger partial charge in [-0.25, -0.2) is 18.2 Å². The molecule has 0 aliphatic rings. The Morgan fingerprint density at radius 1 is 1.17 bits per heavy atom. The first-order valence-corrected chi connectivity index (χ1v) is 10.3. The van der Waals surface area contributed by atoms with Crippen LogP contribution in [0.2, 0.25) is 0 Å². The second-order valence-corrected chi connectivity index (χ2v) is 8.27. The van der Waals surface area contributed by atoms with Gasteiger partial charge in [-0.05, 0) is 17.7 Å². The molecule has 0 aliphatic carbocycles. The summed E-state index contributed by atoms with van der Waals surface area (Å²) in [6, 6.07) is 10.9. The Balaban J connectivity index is 2.14. The lowest BCUT2D eigenvalue weighted by molar-refractivity contribution is -0.141. The molecular weight excluding hydrogens is 425 g/mol. The van der Waals surface area contributed by atoms with Crippen molar-refractivity contribution in [1.82, 2.24) is 14.8 Å². The lowest BCUT2D eigenvalue weighted by Crippen LogP contribution is -2.13. The van der Waals surface area contributed by atoms with Crippen LogP contribution in [0, 0.1) is 0 Å². The molecular formula is C18H15F3N4O4S. The number of carboxylic acids is 1. The molecule has 158 valence electrons. The molecule has 2 heterocycles. The van der Waals surface area contributed by atoms with E-state index < -0.39 is 39.1 Å². The number of hydrogen-bond acceptors (Lipinski definition) is 6. The summed E-state index contributed by atoms with van der Waals surface area (Å²) in [5.74, 6) is -2.44. The molecule has 0 aliphatic heterocycles. The third kappa shape index (κ3) is 4.43. The van der Waals surface area contributed by atoms with Crippen LogP contribution in [0.15, 0.2) is 53.6 Å². The summed E-state index contributed by atoms with van der Waals surface area (Å²) in [6.45, 7) is 0.0194. The van der Waals surface area contributed by atoms with Gasteiger partial charge in [0.05, 0.1) is 4.90 Å². The van der Waals surface area contributed by atoms with E-state index in [-0.39, 0.29) is 17.3 Å². The number of carboxylic acid groups (broad SMARTS) is 1. The van der Waals surface area contributed by atoms with Gasteiger partial charge in [0, 0.05) is 19.0 Å². The van der Waals surface area contributed by atoms with E-state index in [1.54, 1.807) is 30.3 Å². The lowest BCUT2D eigenvalue weighted by Gasteiger charge is -2.11. The van der Waals surface area contributed by atoms with Crippen molar-refractivity contribution in [2.24, 2.45) is 0 Å². The predicted octanol–water partition coefficient (Wildman–Crippen LogP) is 3.00. The minimum absolute atomic E-state index is 0.0194. The zero-order valence-electron chi connectivity index (χ0n) is 15.4. The van der Waals surface area contributed by atoms with Crippen LogP contribution < -0.4 is 5.32 Å². The molecule has 0 amide bonds. The van der Waals surface area contributed by atoms with Crippen LogP contribution in [0.1, 0.15) is 21.6 Å². The third-order valence-electron chi connectivity index (χ3n) is 4.04. The fraction of sp³-hybridized carbons (Fsp3) is 0.167. The number of nitrogens with zero attached hydrogens (tertiary/aromatic N) is 3. The van der Waals surface area contributed by atoms with Gasteiger partial charge in [0.15, 0.2) is 21.3 Å². The number of carbonyl (C=O) groups is 1. The second kappa shape index (κ2) is 7.78. The van der Waals surface area contributed by atoms with E-state index in [2.05, 4.69) is 15.4 Å². The molecule has 0 fully saturated rings. The van der Waals surface area contributed by atoms with E-state index in [4.69, 9.17) is 0 Å². The SMILES string of the molecule is CS(=O)(=O)c1ccc(-n2nc(C(F)(F)F)c(C(=O)O)c2NCc2ccccc2)nc1. The quantitative estimate of drug-likeness (QED) is 0.606.